The first kappa shape index (κ1) is 19.8. The summed E-state index contributed by atoms with van der Waals surface area (Å²) in [6, 6.07) is 13.6. The van der Waals surface area contributed by atoms with Gasteiger partial charge in [-0.3, -0.25) is 0 Å². The van der Waals surface area contributed by atoms with Crippen molar-refractivity contribution in [2.45, 2.75) is 26.8 Å². The standard InChI is InChI=1S/C20H26N2O3S/c1-5-24-18-12-7-15(13-19(18)25-6-2)14(3)21-20(26)22-16-8-10-17(23-4)11-9-16/h7-14H,5-6H2,1-4H3,(H2,21,22,26)/t14-/m0/s1. The molecule has 0 radical (unpaired) electrons. The molecule has 0 aliphatic heterocycles. The van der Waals surface area contributed by atoms with Crippen LogP contribution in [-0.4, -0.2) is 25.4 Å². The molecule has 0 fully saturated rings. The summed E-state index contributed by atoms with van der Waals surface area (Å²) < 4.78 is 16.5. The molecule has 0 unspecified atom stereocenters. The Kier molecular flexibility index (Phi) is 7.53. The molecule has 2 aromatic carbocycles. The topological polar surface area (TPSA) is 51.8 Å². The van der Waals surface area contributed by atoms with Gasteiger partial charge >= 0.3 is 0 Å². The molecule has 0 amide bonds. The van der Waals surface area contributed by atoms with Gasteiger partial charge in [0, 0.05) is 5.69 Å². The Morgan fingerprint density at radius 1 is 1.00 bits per heavy atom. The van der Waals surface area contributed by atoms with Crippen molar-refractivity contribution in [3.63, 3.8) is 0 Å². The molecule has 26 heavy (non-hydrogen) atoms. The third-order valence-corrected chi connectivity index (χ3v) is 3.98. The van der Waals surface area contributed by atoms with Gasteiger partial charge in [-0.1, -0.05) is 6.07 Å². The summed E-state index contributed by atoms with van der Waals surface area (Å²) in [6.45, 7) is 7.15. The number of benzene rings is 2. The lowest BCUT2D eigenvalue weighted by atomic mass is 10.1. The summed E-state index contributed by atoms with van der Waals surface area (Å²) in [6.07, 6.45) is 0. The van der Waals surface area contributed by atoms with E-state index in [1.54, 1.807) is 7.11 Å². The Balaban J connectivity index is 2.02. The second kappa shape index (κ2) is 9.87. The lowest BCUT2D eigenvalue weighted by Gasteiger charge is -2.19. The highest BCUT2D eigenvalue weighted by atomic mass is 32.1. The average molecular weight is 375 g/mol. The third-order valence-electron chi connectivity index (χ3n) is 3.76. The number of hydrogen-bond acceptors (Lipinski definition) is 4. The van der Waals surface area contributed by atoms with E-state index in [0.29, 0.717) is 18.3 Å². The second-order valence-corrected chi connectivity index (χ2v) is 6.03. The molecule has 2 N–H and O–H groups in total. The molecule has 0 aromatic heterocycles. The highest BCUT2D eigenvalue weighted by Gasteiger charge is 2.12. The maximum atomic E-state index is 5.69. The fraction of sp³-hybridized carbons (Fsp3) is 0.350. The van der Waals surface area contributed by atoms with Crippen molar-refractivity contribution in [3.8, 4) is 17.2 Å². The van der Waals surface area contributed by atoms with Gasteiger partial charge in [0.1, 0.15) is 5.75 Å². The second-order valence-electron chi connectivity index (χ2n) is 5.62. The molecular weight excluding hydrogens is 348 g/mol. The third kappa shape index (κ3) is 5.52. The van der Waals surface area contributed by atoms with Crippen LogP contribution in [0, 0.1) is 0 Å². The van der Waals surface area contributed by atoms with Crippen molar-refractivity contribution < 1.29 is 14.2 Å². The first-order chi connectivity index (χ1) is 12.6. The molecule has 0 spiro atoms. The maximum Gasteiger partial charge on any atom is 0.171 e. The molecule has 6 heteroatoms. The quantitative estimate of drug-likeness (QED) is 0.662. The number of methoxy groups -OCH3 is 1. The van der Waals surface area contributed by atoms with Gasteiger partial charge in [-0.2, -0.15) is 0 Å². The zero-order chi connectivity index (χ0) is 18.9. The highest BCUT2D eigenvalue weighted by Crippen LogP contribution is 2.30. The van der Waals surface area contributed by atoms with Gasteiger partial charge in [0.2, 0.25) is 0 Å². The molecule has 0 heterocycles. The van der Waals surface area contributed by atoms with Crippen LogP contribution in [0.5, 0.6) is 17.2 Å². The number of nitrogens with one attached hydrogen (secondary N) is 2. The van der Waals surface area contributed by atoms with Gasteiger partial charge in [0.25, 0.3) is 0 Å². The molecular formula is C20H26N2O3S. The number of thiocarbonyl (C=S) groups is 1. The van der Waals surface area contributed by atoms with Crippen molar-refractivity contribution in [1.29, 1.82) is 0 Å². The van der Waals surface area contributed by atoms with E-state index in [9.17, 15) is 0 Å². The fourth-order valence-corrected chi connectivity index (χ4v) is 2.75. The van der Waals surface area contributed by atoms with Crippen LogP contribution >= 0.6 is 12.2 Å². The predicted octanol–water partition coefficient (Wildman–Crippen LogP) is 4.54. The molecule has 2 rings (SSSR count). The number of ether oxygens (including phenoxy) is 3. The van der Waals surface area contributed by atoms with Crippen molar-refractivity contribution in [2.75, 3.05) is 25.6 Å². The smallest absolute Gasteiger partial charge is 0.171 e. The van der Waals surface area contributed by atoms with Crippen LogP contribution in [-0.2, 0) is 0 Å². The number of rotatable bonds is 8. The Morgan fingerprint density at radius 2 is 1.65 bits per heavy atom. The zero-order valence-corrected chi connectivity index (χ0v) is 16.5. The molecule has 5 nitrogen and oxygen atoms in total. The lowest BCUT2D eigenvalue weighted by Crippen LogP contribution is -2.30. The molecule has 0 saturated heterocycles. The van der Waals surface area contributed by atoms with Crippen LogP contribution in [0.3, 0.4) is 0 Å². The van der Waals surface area contributed by atoms with E-state index in [0.717, 1.165) is 28.5 Å². The molecule has 0 aliphatic rings. The minimum atomic E-state index is 0.0168. The van der Waals surface area contributed by atoms with Crippen LogP contribution in [0.1, 0.15) is 32.4 Å². The van der Waals surface area contributed by atoms with Crippen LogP contribution in [0.25, 0.3) is 0 Å². The summed E-state index contributed by atoms with van der Waals surface area (Å²) in [5.41, 5.74) is 1.97. The van der Waals surface area contributed by atoms with Crippen molar-refractivity contribution in [1.82, 2.24) is 5.32 Å². The summed E-state index contributed by atoms with van der Waals surface area (Å²) in [7, 11) is 1.64. The van der Waals surface area contributed by atoms with E-state index in [1.165, 1.54) is 0 Å². The monoisotopic (exact) mass is 374 g/mol. The molecule has 2 aromatic rings. The Labute approximate surface area is 160 Å². The normalized spacial score (nSPS) is 11.4. The minimum Gasteiger partial charge on any atom is -0.497 e. The fourth-order valence-electron chi connectivity index (χ4n) is 2.46. The van der Waals surface area contributed by atoms with Gasteiger partial charge in [-0.05, 0) is 75.0 Å². The highest BCUT2D eigenvalue weighted by molar-refractivity contribution is 7.80. The summed E-state index contributed by atoms with van der Waals surface area (Å²) in [5.74, 6) is 2.31. The minimum absolute atomic E-state index is 0.0168. The Morgan fingerprint density at radius 3 is 2.27 bits per heavy atom. The van der Waals surface area contributed by atoms with Crippen molar-refractivity contribution >= 4 is 23.0 Å². The van der Waals surface area contributed by atoms with E-state index in [4.69, 9.17) is 26.4 Å². The zero-order valence-electron chi connectivity index (χ0n) is 15.7. The van der Waals surface area contributed by atoms with E-state index in [1.807, 2.05) is 63.2 Å². The van der Waals surface area contributed by atoms with Crippen molar-refractivity contribution in [3.05, 3.63) is 48.0 Å². The SMILES string of the molecule is CCOc1ccc([C@H](C)NC(=S)Nc2ccc(OC)cc2)cc1OCC. The van der Waals surface area contributed by atoms with Gasteiger partial charge in [0.15, 0.2) is 16.6 Å². The summed E-state index contributed by atoms with van der Waals surface area (Å²) in [5, 5.41) is 7.01. The van der Waals surface area contributed by atoms with E-state index in [-0.39, 0.29) is 6.04 Å². The first-order valence-corrected chi connectivity index (χ1v) is 9.09. The maximum absolute atomic E-state index is 5.69. The number of hydrogen-bond donors (Lipinski definition) is 2. The lowest BCUT2D eigenvalue weighted by molar-refractivity contribution is 0.287. The largest absolute Gasteiger partial charge is 0.497 e. The molecule has 0 bridgehead atoms. The van der Waals surface area contributed by atoms with Crippen molar-refractivity contribution in [2.24, 2.45) is 0 Å². The van der Waals surface area contributed by atoms with E-state index >= 15 is 0 Å². The van der Waals surface area contributed by atoms with Crippen LogP contribution in [0.2, 0.25) is 0 Å². The van der Waals surface area contributed by atoms with Gasteiger partial charge < -0.3 is 24.8 Å². The summed E-state index contributed by atoms with van der Waals surface area (Å²) >= 11 is 5.42. The number of anilines is 1. The molecule has 0 aliphatic carbocycles. The van der Waals surface area contributed by atoms with E-state index < -0.39 is 0 Å². The Hall–Kier alpha value is -2.47. The predicted molar refractivity (Wildman–Crippen MR) is 110 cm³/mol. The van der Waals surface area contributed by atoms with Crippen LogP contribution in [0.4, 0.5) is 5.69 Å². The van der Waals surface area contributed by atoms with E-state index in [2.05, 4.69) is 10.6 Å². The summed E-state index contributed by atoms with van der Waals surface area (Å²) in [4.78, 5) is 0. The first-order valence-electron chi connectivity index (χ1n) is 8.68. The van der Waals surface area contributed by atoms with Gasteiger partial charge in [-0.15, -0.1) is 0 Å². The van der Waals surface area contributed by atoms with Gasteiger partial charge in [0.05, 0.1) is 26.4 Å². The van der Waals surface area contributed by atoms with Crippen LogP contribution in [0.15, 0.2) is 42.5 Å². The molecule has 0 saturated carbocycles. The van der Waals surface area contributed by atoms with Gasteiger partial charge in [-0.25, -0.2) is 0 Å². The average Bonchev–Trinajstić information content (AvgIpc) is 2.64. The molecule has 1 atom stereocenters. The molecule has 140 valence electrons. The Bertz CT molecular complexity index is 719. The van der Waals surface area contributed by atoms with Crippen LogP contribution < -0.4 is 24.8 Å².